The lowest BCUT2D eigenvalue weighted by atomic mass is 10.2. The maximum atomic E-state index is 12.3. The van der Waals surface area contributed by atoms with Crippen molar-refractivity contribution < 1.29 is 13.2 Å². The molecule has 3 rings (SSSR count). The molecule has 0 saturated carbocycles. The molecule has 0 aliphatic rings. The average Bonchev–Trinajstić information content (AvgIpc) is 3.20. The number of imidazole rings is 1. The number of anilines is 1. The first-order valence-electron chi connectivity index (χ1n) is 8.46. The molecule has 0 saturated heterocycles. The van der Waals surface area contributed by atoms with Gasteiger partial charge in [0.1, 0.15) is 0 Å². The predicted molar refractivity (Wildman–Crippen MR) is 103 cm³/mol. The summed E-state index contributed by atoms with van der Waals surface area (Å²) in [6.07, 6.45) is 6.11. The van der Waals surface area contributed by atoms with Crippen LogP contribution in [0.3, 0.4) is 0 Å². The number of aryl methyl sites for hydroxylation is 1. The van der Waals surface area contributed by atoms with Crippen LogP contribution in [0.5, 0.6) is 0 Å². The molecule has 27 heavy (non-hydrogen) atoms. The zero-order valence-electron chi connectivity index (χ0n) is 14.6. The minimum absolute atomic E-state index is 0.185. The molecule has 2 aromatic carbocycles. The van der Waals surface area contributed by atoms with E-state index in [1.165, 1.54) is 12.1 Å². The minimum Gasteiger partial charge on any atom is -0.352 e. The number of carbonyl (C=O) groups is 1. The Hall–Kier alpha value is -3.13. The highest BCUT2D eigenvalue weighted by atomic mass is 32.2. The third kappa shape index (κ3) is 5.18. The van der Waals surface area contributed by atoms with Crippen LogP contribution in [-0.2, 0) is 16.6 Å². The lowest BCUT2D eigenvalue weighted by molar-refractivity contribution is 0.0952. The van der Waals surface area contributed by atoms with Gasteiger partial charge in [0.05, 0.1) is 11.2 Å². The lowest BCUT2D eigenvalue weighted by Gasteiger charge is -2.09. The molecule has 140 valence electrons. The number of carbonyl (C=O) groups excluding carboxylic acids is 1. The normalized spacial score (nSPS) is 11.1. The van der Waals surface area contributed by atoms with Gasteiger partial charge in [-0.2, -0.15) is 0 Å². The number of sulfonamides is 1. The molecule has 0 unspecified atom stereocenters. The van der Waals surface area contributed by atoms with E-state index in [-0.39, 0.29) is 10.8 Å². The van der Waals surface area contributed by atoms with Gasteiger partial charge < -0.3 is 9.88 Å². The van der Waals surface area contributed by atoms with Crippen molar-refractivity contribution in [3.8, 4) is 0 Å². The van der Waals surface area contributed by atoms with E-state index in [4.69, 9.17) is 0 Å². The molecule has 1 amide bonds. The van der Waals surface area contributed by atoms with Gasteiger partial charge in [0.15, 0.2) is 0 Å². The molecule has 7 nitrogen and oxygen atoms in total. The average molecular weight is 384 g/mol. The van der Waals surface area contributed by atoms with Crippen LogP contribution in [-0.4, -0.2) is 30.4 Å². The van der Waals surface area contributed by atoms with Crippen molar-refractivity contribution in [3.63, 3.8) is 0 Å². The fraction of sp³-hybridized carbons (Fsp3) is 0.158. The van der Waals surface area contributed by atoms with E-state index < -0.39 is 10.0 Å². The SMILES string of the molecule is O=C(NCCCn1ccnc1)c1ccc(NS(=O)(=O)c2ccccc2)cc1. The second kappa shape index (κ2) is 8.50. The first kappa shape index (κ1) is 18.7. The molecule has 0 spiro atoms. The van der Waals surface area contributed by atoms with Gasteiger partial charge in [0.25, 0.3) is 15.9 Å². The molecule has 8 heteroatoms. The Bertz CT molecular complexity index is 970. The van der Waals surface area contributed by atoms with Gasteiger partial charge in [0.2, 0.25) is 0 Å². The zero-order valence-corrected chi connectivity index (χ0v) is 15.4. The second-order valence-corrected chi connectivity index (χ2v) is 7.59. The summed E-state index contributed by atoms with van der Waals surface area (Å²) in [4.78, 5) is 16.3. The van der Waals surface area contributed by atoms with Crippen molar-refractivity contribution >= 4 is 21.6 Å². The minimum atomic E-state index is -3.64. The van der Waals surface area contributed by atoms with Crippen LogP contribution in [0.15, 0.2) is 78.2 Å². The molecular weight excluding hydrogens is 364 g/mol. The van der Waals surface area contributed by atoms with Crippen molar-refractivity contribution in [2.75, 3.05) is 11.3 Å². The number of nitrogens with one attached hydrogen (secondary N) is 2. The number of rotatable bonds is 8. The highest BCUT2D eigenvalue weighted by Crippen LogP contribution is 2.16. The fourth-order valence-electron chi connectivity index (χ4n) is 2.49. The summed E-state index contributed by atoms with van der Waals surface area (Å²) < 4.78 is 29.0. The monoisotopic (exact) mass is 384 g/mol. The van der Waals surface area contributed by atoms with E-state index in [2.05, 4.69) is 15.0 Å². The maximum Gasteiger partial charge on any atom is 0.261 e. The van der Waals surface area contributed by atoms with Crippen LogP contribution in [0.2, 0.25) is 0 Å². The van der Waals surface area contributed by atoms with Gasteiger partial charge in [-0.25, -0.2) is 13.4 Å². The van der Waals surface area contributed by atoms with Gasteiger partial charge in [-0.1, -0.05) is 18.2 Å². The molecule has 1 aromatic heterocycles. The fourth-order valence-corrected chi connectivity index (χ4v) is 3.57. The maximum absolute atomic E-state index is 12.3. The number of nitrogens with zero attached hydrogens (tertiary/aromatic N) is 2. The van der Waals surface area contributed by atoms with Gasteiger partial charge in [0, 0.05) is 36.7 Å². The molecule has 2 N–H and O–H groups in total. The lowest BCUT2D eigenvalue weighted by Crippen LogP contribution is -2.25. The predicted octanol–water partition coefficient (Wildman–Crippen LogP) is 2.50. The van der Waals surface area contributed by atoms with E-state index in [1.54, 1.807) is 55.0 Å². The molecule has 0 fully saturated rings. The van der Waals surface area contributed by atoms with Crippen LogP contribution in [0.1, 0.15) is 16.8 Å². The van der Waals surface area contributed by atoms with Gasteiger partial charge in [-0.3, -0.25) is 9.52 Å². The first-order valence-corrected chi connectivity index (χ1v) is 9.95. The molecule has 1 heterocycles. The Balaban J connectivity index is 1.52. The Morgan fingerprint density at radius 3 is 2.44 bits per heavy atom. The molecule has 0 bridgehead atoms. The molecule has 0 aliphatic carbocycles. The topological polar surface area (TPSA) is 93.1 Å². The Morgan fingerprint density at radius 1 is 1.04 bits per heavy atom. The zero-order chi connectivity index (χ0) is 19.1. The standard InChI is InChI=1S/C19H20N4O3S/c24-19(21-11-4-13-23-14-12-20-15-23)16-7-9-17(10-8-16)22-27(25,26)18-5-2-1-3-6-18/h1-3,5-10,12,14-15,22H,4,11,13H2,(H,21,24). The smallest absolute Gasteiger partial charge is 0.261 e. The van der Waals surface area contributed by atoms with Gasteiger partial charge >= 0.3 is 0 Å². The second-order valence-electron chi connectivity index (χ2n) is 5.91. The highest BCUT2D eigenvalue weighted by molar-refractivity contribution is 7.92. The molecular formula is C19H20N4O3S. The Kier molecular flexibility index (Phi) is 5.87. The summed E-state index contributed by atoms with van der Waals surface area (Å²) in [6.45, 7) is 1.32. The van der Waals surface area contributed by atoms with Crippen molar-refractivity contribution in [1.29, 1.82) is 0 Å². The quantitative estimate of drug-likeness (QED) is 0.584. The van der Waals surface area contributed by atoms with Crippen LogP contribution < -0.4 is 10.0 Å². The summed E-state index contributed by atoms with van der Waals surface area (Å²) >= 11 is 0. The number of aromatic nitrogens is 2. The van der Waals surface area contributed by atoms with E-state index in [9.17, 15) is 13.2 Å². The highest BCUT2D eigenvalue weighted by Gasteiger charge is 2.13. The van der Waals surface area contributed by atoms with Crippen molar-refractivity contribution in [2.24, 2.45) is 0 Å². The third-order valence-corrected chi connectivity index (χ3v) is 5.29. The number of amides is 1. The van der Waals surface area contributed by atoms with E-state index >= 15 is 0 Å². The van der Waals surface area contributed by atoms with Crippen LogP contribution in [0.25, 0.3) is 0 Å². The number of hydrogen-bond donors (Lipinski definition) is 2. The van der Waals surface area contributed by atoms with Crippen molar-refractivity contribution in [1.82, 2.24) is 14.9 Å². The summed E-state index contributed by atoms with van der Waals surface area (Å²) in [6, 6.07) is 14.4. The van der Waals surface area contributed by atoms with Crippen LogP contribution in [0.4, 0.5) is 5.69 Å². The molecule has 0 radical (unpaired) electrons. The van der Waals surface area contributed by atoms with Crippen LogP contribution >= 0.6 is 0 Å². The Morgan fingerprint density at radius 2 is 1.78 bits per heavy atom. The van der Waals surface area contributed by atoms with E-state index in [0.717, 1.165) is 13.0 Å². The third-order valence-electron chi connectivity index (χ3n) is 3.89. The summed E-state index contributed by atoms with van der Waals surface area (Å²) in [5.74, 6) is -0.196. The summed E-state index contributed by atoms with van der Waals surface area (Å²) in [5.41, 5.74) is 0.871. The van der Waals surface area contributed by atoms with Crippen LogP contribution in [0, 0.1) is 0 Å². The first-order chi connectivity index (χ1) is 13.0. The number of hydrogen-bond acceptors (Lipinski definition) is 4. The summed E-state index contributed by atoms with van der Waals surface area (Å²) in [7, 11) is -3.64. The molecule has 0 aliphatic heterocycles. The molecule has 0 atom stereocenters. The Labute approximate surface area is 158 Å². The van der Waals surface area contributed by atoms with E-state index in [1.807, 2.05) is 10.8 Å². The van der Waals surface area contributed by atoms with E-state index in [0.29, 0.717) is 17.8 Å². The van der Waals surface area contributed by atoms with Crippen molar-refractivity contribution in [3.05, 3.63) is 78.9 Å². The van der Waals surface area contributed by atoms with Gasteiger partial charge in [-0.05, 0) is 42.8 Å². The van der Waals surface area contributed by atoms with Gasteiger partial charge in [-0.15, -0.1) is 0 Å². The van der Waals surface area contributed by atoms with Crippen molar-refractivity contribution in [2.45, 2.75) is 17.9 Å². The number of benzene rings is 2. The largest absolute Gasteiger partial charge is 0.352 e. The molecule has 3 aromatic rings. The summed E-state index contributed by atoms with van der Waals surface area (Å²) in [5, 5.41) is 2.84.